The molecule has 1 heterocycles. The predicted molar refractivity (Wildman–Crippen MR) is 129 cm³/mol. The van der Waals surface area contributed by atoms with E-state index < -0.39 is 0 Å². The van der Waals surface area contributed by atoms with Crippen molar-refractivity contribution in [1.82, 2.24) is 5.32 Å². The predicted octanol–water partition coefficient (Wildman–Crippen LogP) is 5.93. The van der Waals surface area contributed by atoms with Gasteiger partial charge in [0.05, 0.1) is 34.9 Å². The Bertz CT molecular complexity index is 1010. The second kappa shape index (κ2) is 10.7. The molecule has 6 nitrogen and oxygen atoms in total. The van der Waals surface area contributed by atoms with E-state index in [2.05, 4.69) is 33.2 Å². The lowest BCUT2D eigenvalue weighted by Gasteiger charge is -2.17. The number of nitrogens with one attached hydrogen (secondary N) is 1. The Morgan fingerprint density at radius 2 is 1.97 bits per heavy atom. The highest BCUT2D eigenvalue weighted by atomic mass is 79.9. The van der Waals surface area contributed by atoms with E-state index in [9.17, 15) is 4.79 Å². The molecular formula is C23H25BrN2O4S. The molecule has 2 aromatic carbocycles. The van der Waals surface area contributed by atoms with E-state index in [1.807, 2.05) is 50.2 Å². The number of amides is 1. The van der Waals surface area contributed by atoms with Gasteiger partial charge in [0.25, 0.3) is 5.91 Å². The zero-order valence-electron chi connectivity index (χ0n) is 17.9. The number of carbonyl (C=O) groups is 1. The fourth-order valence-electron chi connectivity index (χ4n) is 2.75. The number of nitrogens with zero attached hydrogens (tertiary/aromatic N) is 1. The van der Waals surface area contributed by atoms with Crippen LogP contribution in [0.2, 0.25) is 0 Å². The van der Waals surface area contributed by atoms with Crippen LogP contribution >= 0.6 is 27.7 Å². The van der Waals surface area contributed by atoms with Crippen molar-refractivity contribution in [2.24, 2.45) is 4.99 Å². The number of carbonyl (C=O) groups excluding carboxylic acids is 1. The van der Waals surface area contributed by atoms with E-state index in [1.165, 1.54) is 11.8 Å². The highest BCUT2D eigenvalue weighted by molar-refractivity contribution is 9.10. The van der Waals surface area contributed by atoms with Gasteiger partial charge in [-0.2, -0.15) is 0 Å². The average molecular weight is 505 g/mol. The number of rotatable bonds is 8. The lowest BCUT2D eigenvalue weighted by atomic mass is 10.1. The number of hydrogen-bond acceptors (Lipinski definition) is 6. The summed E-state index contributed by atoms with van der Waals surface area (Å²) in [5.41, 5.74) is 1.56. The largest absolute Gasteiger partial charge is 0.494 e. The lowest BCUT2D eigenvalue weighted by molar-refractivity contribution is -0.115. The van der Waals surface area contributed by atoms with Gasteiger partial charge in [-0.25, -0.2) is 4.99 Å². The fraction of sp³-hybridized carbons (Fsp3) is 0.304. The number of amidine groups is 1. The van der Waals surface area contributed by atoms with Crippen molar-refractivity contribution in [2.45, 2.75) is 33.3 Å². The minimum Gasteiger partial charge on any atom is -0.494 e. The van der Waals surface area contributed by atoms with Gasteiger partial charge in [0.2, 0.25) is 0 Å². The Kier molecular flexibility index (Phi) is 8.03. The van der Waals surface area contributed by atoms with Gasteiger partial charge in [-0.15, -0.1) is 0 Å². The minimum atomic E-state index is -0.190. The van der Waals surface area contributed by atoms with E-state index in [0.29, 0.717) is 28.2 Å². The lowest BCUT2D eigenvalue weighted by Crippen LogP contribution is -2.19. The summed E-state index contributed by atoms with van der Waals surface area (Å²) in [5.74, 6) is 1.86. The molecule has 1 aliphatic rings. The number of thioether (sulfide) groups is 1. The molecule has 164 valence electrons. The quantitative estimate of drug-likeness (QED) is 0.451. The molecule has 0 saturated carbocycles. The van der Waals surface area contributed by atoms with Gasteiger partial charge in [0.15, 0.2) is 16.7 Å². The van der Waals surface area contributed by atoms with Gasteiger partial charge < -0.3 is 19.5 Å². The number of aliphatic imine (C=N–C) groups is 1. The first-order chi connectivity index (χ1) is 14.9. The van der Waals surface area contributed by atoms with E-state index in [4.69, 9.17) is 14.2 Å². The molecule has 8 heteroatoms. The maximum absolute atomic E-state index is 12.4. The van der Waals surface area contributed by atoms with Crippen molar-refractivity contribution in [3.63, 3.8) is 0 Å². The van der Waals surface area contributed by atoms with E-state index >= 15 is 0 Å². The van der Waals surface area contributed by atoms with Crippen LogP contribution in [0.15, 0.2) is 50.8 Å². The van der Waals surface area contributed by atoms with Gasteiger partial charge in [-0.1, -0.05) is 6.92 Å². The molecule has 0 aromatic heterocycles. The van der Waals surface area contributed by atoms with Gasteiger partial charge in [0, 0.05) is 0 Å². The fourth-order valence-corrected chi connectivity index (χ4v) is 4.15. The van der Waals surface area contributed by atoms with E-state index in [1.54, 1.807) is 13.2 Å². The zero-order chi connectivity index (χ0) is 22.4. The van der Waals surface area contributed by atoms with Crippen molar-refractivity contribution in [3.05, 3.63) is 51.3 Å². The Labute approximate surface area is 195 Å². The number of ether oxygens (including phenoxy) is 3. The third-order valence-corrected chi connectivity index (χ3v) is 5.97. The third kappa shape index (κ3) is 6.04. The summed E-state index contributed by atoms with van der Waals surface area (Å²) in [6.45, 7) is 6.62. The first-order valence-corrected chi connectivity index (χ1v) is 11.6. The van der Waals surface area contributed by atoms with E-state index in [-0.39, 0.29) is 12.0 Å². The summed E-state index contributed by atoms with van der Waals surface area (Å²) in [6.07, 6.45) is 2.75. The summed E-state index contributed by atoms with van der Waals surface area (Å²) in [7, 11) is 1.60. The molecule has 0 radical (unpaired) electrons. The molecule has 1 amide bonds. The maximum atomic E-state index is 12.4. The summed E-state index contributed by atoms with van der Waals surface area (Å²) in [5, 5.41) is 3.34. The topological polar surface area (TPSA) is 69.2 Å². The number of halogens is 1. The van der Waals surface area contributed by atoms with Crippen molar-refractivity contribution < 1.29 is 19.0 Å². The van der Waals surface area contributed by atoms with Crippen LogP contribution < -0.4 is 19.5 Å². The molecular weight excluding hydrogens is 480 g/mol. The Balaban J connectivity index is 1.80. The molecule has 2 aromatic rings. The highest BCUT2D eigenvalue weighted by Gasteiger charge is 2.24. The van der Waals surface area contributed by atoms with Crippen LogP contribution in [0.1, 0.15) is 32.8 Å². The molecule has 1 atom stereocenters. The number of methoxy groups -OCH3 is 1. The Morgan fingerprint density at radius 1 is 1.23 bits per heavy atom. The zero-order valence-corrected chi connectivity index (χ0v) is 20.3. The maximum Gasteiger partial charge on any atom is 0.264 e. The number of benzene rings is 2. The monoisotopic (exact) mass is 504 g/mol. The standard InChI is InChI=1S/C23H25BrN2O4S/c1-5-14(3)30-21-18(24)11-15(12-19(21)28-4)13-20-22(27)26-23(31-20)25-16-7-9-17(10-8-16)29-6-2/h7-14H,5-6H2,1-4H3,(H,25,26,27)/b20-13+/t14-/m0/s1. The highest BCUT2D eigenvalue weighted by Crippen LogP contribution is 2.39. The van der Waals surface area contributed by atoms with Gasteiger partial charge in [-0.05, 0) is 96.0 Å². The molecule has 3 rings (SSSR count). The van der Waals surface area contributed by atoms with E-state index in [0.717, 1.165) is 27.9 Å². The van der Waals surface area contributed by atoms with Gasteiger partial charge in [0.1, 0.15) is 5.75 Å². The van der Waals surface area contributed by atoms with Crippen LogP contribution in [0.25, 0.3) is 6.08 Å². The summed E-state index contributed by atoms with van der Waals surface area (Å²) >= 11 is 4.85. The van der Waals surface area contributed by atoms with Crippen LogP contribution in [-0.4, -0.2) is 30.9 Å². The average Bonchev–Trinajstić information content (AvgIpc) is 3.09. The summed E-state index contributed by atoms with van der Waals surface area (Å²) < 4.78 is 17.7. The van der Waals surface area contributed by atoms with Crippen LogP contribution in [0, 0.1) is 0 Å². The van der Waals surface area contributed by atoms with Crippen LogP contribution in [0.5, 0.6) is 17.2 Å². The number of hydrogen-bond donors (Lipinski definition) is 1. The molecule has 1 saturated heterocycles. The Morgan fingerprint density at radius 3 is 2.61 bits per heavy atom. The molecule has 0 unspecified atom stereocenters. The van der Waals surface area contributed by atoms with Crippen LogP contribution in [0.4, 0.5) is 5.69 Å². The molecule has 0 spiro atoms. The first-order valence-electron chi connectivity index (χ1n) is 10.00. The smallest absolute Gasteiger partial charge is 0.264 e. The molecule has 31 heavy (non-hydrogen) atoms. The second-order valence-corrected chi connectivity index (χ2v) is 8.66. The van der Waals surface area contributed by atoms with Crippen LogP contribution in [-0.2, 0) is 4.79 Å². The van der Waals surface area contributed by atoms with Crippen LogP contribution in [0.3, 0.4) is 0 Å². The third-order valence-electron chi connectivity index (χ3n) is 4.47. The normalized spacial score (nSPS) is 17.0. The van der Waals surface area contributed by atoms with Crippen molar-refractivity contribution in [2.75, 3.05) is 13.7 Å². The molecule has 1 aliphatic heterocycles. The SMILES string of the molecule is CCOc1ccc(N=C2NC(=O)/C(=C\c3cc(Br)c(O[C@@H](C)CC)c(OC)c3)S2)cc1. The van der Waals surface area contributed by atoms with Crippen molar-refractivity contribution in [1.29, 1.82) is 0 Å². The van der Waals surface area contributed by atoms with Gasteiger partial charge in [-0.3, -0.25) is 4.79 Å². The first kappa shape index (κ1) is 23.2. The molecule has 0 bridgehead atoms. The molecule has 1 N–H and O–H groups in total. The van der Waals surface area contributed by atoms with Crippen molar-refractivity contribution in [3.8, 4) is 17.2 Å². The summed E-state index contributed by atoms with van der Waals surface area (Å²) in [6, 6.07) is 11.2. The summed E-state index contributed by atoms with van der Waals surface area (Å²) in [4.78, 5) is 17.5. The second-order valence-electron chi connectivity index (χ2n) is 6.78. The van der Waals surface area contributed by atoms with Gasteiger partial charge >= 0.3 is 0 Å². The van der Waals surface area contributed by atoms with Crippen molar-refractivity contribution >= 4 is 50.5 Å². The Hall–Kier alpha value is -2.45. The minimum absolute atomic E-state index is 0.0620. The molecule has 1 fully saturated rings. The molecule has 0 aliphatic carbocycles.